The van der Waals surface area contributed by atoms with Gasteiger partial charge in [-0.3, -0.25) is 9.59 Å². The van der Waals surface area contributed by atoms with E-state index in [0.29, 0.717) is 0 Å². The van der Waals surface area contributed by atoms with E-state index in [9.17, 15) is 27.6 Å². The van der Waals surface area contributed by atoms with Crippen molar-refractivity contribution >= 4 is 29.2 Å². The molecule has 3 rings (SSSR count). The first kappa shape index (κ1) is 23.2. The number of alkyl halides is 3. The Balaban J connectivity index is 1.53. The minimum Gasteiger partial charge on any atom is -0.452 e. The Morgan fingerprint density at radius 1 is 0.970 bits per heavy atom. The topological polar surface area (TPSA) is 137 Å². The Kier molecular flexibility index (Phi) is 7.17. The monoisotopic (exact) mass is 464 g/mol. The Hall–Kier alpha value is -4.49. The molecule has 0 unspecified atom stereocenters. The summed E-state index contributed by atoms with van der Waals surface area (Å²) in [5.74, 6) is -2.56. The molecule has 0 aliphatic carbocycles. The van der Waals surface area contributed by atoms with Crippen molar-refractivity contribution in [1.29, 1.82) is 0 Å². The van der Waals surface area contributed by atoms with Crippen LogP contribution in [0.15, 0.2) is 54.9 Å². The molecule has 0 radical (unpaired) electrons. The molecule has 0 fully saturated rings. The van der Waals surface area contributed by atoms with Gasteiger partial charge in [-0.2, -0.15) is 0 Å². The van der Waals surface area contributed by atoms with E-state index in [1.807, 2.05) is 0 Å². The molecule has 0 atom stereocenters. The first-order chi connectivity index (χ1) is 15.7. The Morgan fingerprint density at radius 3 is 2.36 bits per heavy atom. The highest BCUT2D eigenvalue weighted by molar-refractivity contribution is 6.02. The lowest BCUT2D eigenvalue weighted by molar-refractivity contribution is -0.274. The molecular weight excluding hydrogens is 449 g/mol. The Morgan fingerprint density at radius 2 is 1.70 bits per heavy atom. The number of benzene rings is 2. The number of nitrogens with zero attached hydrogens (tertiary/aromatic N) is 4. The predicted octanol–water partition coefficient (Wildman–Crippen LogP) is 2.01. The van der Waals surface area contributed by atoms with Gasteiger partial charge in [0.15, 0.2) is 6.61 Å². The summed E-state index contributed by atoms with van der Waals surface area (Å²) in [4.78, 5) is 36.5. The van der Waals surface area contributed by atoms with Gasteiger partial charge in [-0.15, -0.1) is 18.3 Å². The van der Waals surface area contributed by atoms with Crippen LogP contribution in [0.1, 0.15) is 10.4 Å². The number of nitrogens with one attached hydrogen (secondary N) is 2. The molecule has 0 aliphatic heterocycles. The van der Waals surface area contributed by atoms with E-state index in [-0.39, 0.29) is 23.5 Å². The van der Waals surface area contributed by atoms with Crippen molar-refractivity contribution in [3.63, 3.8) is 0 Å². The van der Waals surface area contributed by atoms with Crippen molar-refractivity contribution in [3.8, 4) is 5.75 Å². The first-order valence-corrected chi connectivity index (χ1v) is 9.12. The quantitative estimate of drug-likeness (QED) is 0.483. The number of rotatable bonds is 8. The summed E-state index contributed by atoms with van der Waals surface area (Å²) in [5.41, 5.74) is 0.325. The SMILES string of the molecule is O=C(COC(=O)c1ccccc1NC(=O)Cn1cnnn1)Nc1ccc(OC(F)(F)F)cc1. The maximum atomic E-state index is 12.4. The van der Waals surface area contributed by atoms with Gasteiger partial charge in [0.05, 0.1) is 11.3 Å². The summed E-state index contributed by atoms with van der Waals surface area (Å²) >= 11 is 0. The number of aromatic nitrogens is 4. The molecule has 2 N–H and O–H groups in total. The lowest BCUT2D eigenvalue weighted by atomic mass is 10.2. The number of ether oxygens (including phenoxy) is 2. The largest absolute Gasteiger partial charge is 0.573 e. The van der Waals surface area contributed by atoms with Crippen molar-refractivity contribution in [2.75, 3.05) is 17.2 Å². The van der Waals surface area contributed by atoms with Gasteiger partial charge in [-0.05, 0) is 46.8 Å². The van der Waals surface area contributed by atoms with Crippen LogP contribution in [0.2, 0.25) is 0 Å². The third-order valence-corrected chi connectivity index (χ3v) is 3.82. The van der Waals surface area contributed by atoms with E-state index >= 15 is 0 Å². The van der Waals surface area contributed by atoms with Crippen LogP contribution in [0.4, 0.5) is 24.5 Å². The third kappa shape index (κ3) is 7.30. The Bertz CT molecular complexity index is 1120. The van der Waals surface area contributed by atoms with Crippen LogP contribution in [0, 0.1) is 0 Å². The fraction of sp³-hybridized carbons (Fsp3) is 0.158. The van der Waals surface area contributed by atoms with E-state index in [0.717, 1.165) is 12.1 Å². The minimum atomic E-state index is -4.83. The van der Waals surface area contributed by atoms with Gasteiger partial charge in [-0.25, -0.2) is 9.48 Å². The van der Waals surface area contributed by atoms with Crippen molar-refractivity contribution in [2.24, 2.45) is 0 Å². The predicted molar refractivity (Wildman–Crippen MR) is 105 cm³/mol. The highest BCUT2D eigenvalue weighted by atomic mass is 19.4. The second kappa shape index (κ2) is 10.2. The summed E-state index contributed by atoms with van der Waals surface area (Å²) in [6.07, 6.45) is -3.59. The molecule has 3 aromatic rings. The standard InChI is InChI=1S/C19H15F3N6O5/c20-19(21,22)33-13-7-5-12(6-8-13)24-17(30)10-32-18(31)14-3-1-2-4-15(14)25-16(29)9-28-11-23-26-27-28/h1-8,11H,9-10H2,(H,24,30)(H,25,29). The normalized spacial score (nSPS) is 10.9. The fourth-order valence-electron chi connectivity index (χ4n) is 2.51. The van der Waals surface area contributed by atoms with Gasteiger partial charge in [0.25, 0.3) is 5.91 Å². The van der Waals surface area contributed by atoms with Crippen LogP contribution in [0.25, 0.3) is 0 Å². The Labute approximate surface area is 183 Å². The fourth-order valence-corrected chi connectivity index (χ4v) is 2.51. The van der Waals surface area contributed by atoms with Gasteiger partial charge in [0, 0.05) is 5.69 Å². The zero-order valence-corrected chi connectivity index (χ0v) is 16.6. The number of tetrazole rings is 1. The highest BCUT2D eigenvalue weighted by Crippen LogP contribution is 2.24. The number of anilines is 2. The van der Waals surface area contributed by atoms with Crippen LogP contribution in [0.3, 0.4) is 0 Å². The molecule has 0 spiro atoms. The summed E-state index contributed by atoms with van der Waals surface area (Å²) in [6.45, 7) is -0.863. The van der Waals surface area contributed by atoms with Crippen molar-refractivity contribution in [2.45, 2.75) is 12.9 Å². The number of para-hydroxylation sites is 1. The van der Waals surface area contributed by atoms with Crippen LogP contribution >= 0.6 is 0 Å². The molecule has 11 nitrogen and oxygen atoms in total. The molecule has 2 amide bonds. The zero-order chi connectivity index (χ0) is 23.8. The van der Waals surface area contributed by atoms with Crippen molar-refractivity contribution in [1.82, 2.24) is 20.2 Å². The highest BCUT2D eigenvalue weighted by Gasteiger charge is 2.31. The minimum absolute atomic E-state index is 0.00372. The number of hydrogen-bond acceptors (Lipinski definition) is 8. The molecule has 1 aromatic heterocycles. The number of hydrogen-bond donors (Lipinski definition) is 2. The molecule has 0 saturated heterocycles. The van der Waals surface area contributed by atoms with Gasteiger partial charge >= 0.3 is 12.3 Å². The van der Waals surface area contributed by atoms with Crippen LogP contribution in [0.5, 0.6) is 5.75 Å². The summed E-state index contributed by atoms with van der Waals surface area (Å²) in [6, 6.07) is 10.4. The van der Waals surface area contributed by atoms with E-state index in [1.54, 1.807) is 6.07 Å². The van der Waals surface area contributed by atoms with E-state index < -0.39 is 36.5 Å². The first-order valence-electron chi connectivity index (χ1n) is 9.12. The summed E-state index contributed by atoms with van der Waals surface area (Å²) < 4.78 is 46.4. The molecule has 1 heterocycles. The van der Waals surface area contributed by atoms with Crippen LogP contribution in [-0.4, -0.2) is 51.0 Å². The maximum Gasteiger partial charge on any atom is 0.573 e. The smallest absolute Gasteiger partial charge is 0.452 e. The zero-order valence-electron chi connectivity index (χ0n) is 16.6. The van der Waals surface area contributed by atoms with Crippen molar-refractivity contribution < 1.29 is 37.0 Å². The average molecular weight is 464 g/mol. The van der Waals surface area contributed by atoms with Gasteiger partial charge in [0.1, 0.15) is 18.6 Å². The number of esters is 1. The number of amides is 2. The van der Waals surface area contributed by atoms with Crippen LogP contribution in [-0.2, 0) is 20.9 Å². The maximum absolute atomic E-state index is 12.4. The summed E-state index contributed by atoms with van der Waals surface area (Å²) in [7, 11) is 0. The number of carbonyl (C=O) groups excluding carboxylic acids is 3. The van der Waals surface area contributed by atoms with Crippen LogP contribution < -0.4 is 15.4 Å². The molecule has 0 aliphatic rings. The van der Waals surface area contributed by atoms with E-state index in [2.05, 4.69) is 30.9 Å². The number of halogens is 3. The molecular formula is C19H15F3N6O5. The molecule has 2 aromatic carbocycles. The van der Waals surface area contributed by atoms with E-state index in [4.69, 9.17) is 4.74 Å². The second-order valence-electron chi connectivity index (χ2n) is 6.30. The molecule has 14 heteroatoms. The third-order valence-electron chi connectivity index (χ3n) is 3.82. The van der Waals surface area contributed by atoms with Gasteiger partial charge in [-0.1, -0.05) is 12.1 Å². The van der Waals surface area contributed by atoms with Crippen molar-refractivity contribution in [3.05, 3.63) is 60.4 Å². The molecule has 0 bridgehead atoms. The second-order valence-corrected chi connectivity index (χ2v) is 6.30. The molecule has 172 valence electrons. The number of carbonyl (C=O) groups is 3. The average Bonchev–Trinajstić information content (AvgIpc) is 3.25. The lowest BCUT2D eigenvalue weighted by Gasteiger charge is -2.11. The lowest BCUT2D eigenvalue weighted by Crippen LogP contribution is -2.23. The van der Waals surface area contributed by atoms with Gasteiger partial charge in [0.2, 0.25) is 5.91 Å². The molecule has 0 saturated carbocycles. The van der Waals surface area contributed by atoms with Gasteiger partial charge < -0.3 is 20.1 Å². The molecule has 33 heavy (non-hydrogen) atoms. The summed E-state index contributed by atoms with van der Waals surface area (Å²) in [5, 5.41) is 15.3. The van der Waals surface area contributed by atoms with E-state index in [1.165, 1.54) is 41.3 Å².